The summed E-state index contributed by atoms with van der Waals surface area (Å²) in [5.74, 6) is 0.702. The van der Waals surface area contributed by atoms with Gasteiger partial charge in [0.05, 0.1) is 6.04 Å². The van der Waals surface area contributed by atoms with Crippen molar-refractivity contribution in [2.75, 3.05) is 6.54 Å². The lowest BCUT2D eigenvalue weighted by Gasteiger charge is -2.32. The Morgan fingerprint density at radius 1 is 1.62 bits per heavy atom. The van der Waals surface area contributed by atoms with Gasteiger partial charge in [0.1, 0.15) is 0 Å². The quantitative estimate of drug-likeness (QED) is 0.699. The third-order valence-electron chi connectivity index (χ3n) is 3.57. The molecule has 0 aromatic carbocycles. The van der Waals surface area contributed by atoms with Crippen molar-refractivity contribution in [2.45, 2.75) is 44.7 Å². The Kier molecular flexibility index (Phi) is 2.28. The Balaban J connectivity index is 2.04. The van der Waals surface area contributed by atoms with Crippen LogP contribution >= 0.6 is 0 Å². The number of amides is 1. The first-order valence-corrected chi connectivity index (χ1v) is 5.27. The van der Waals surface area contributed by atoms with Crippen molar-refractivity contribution in [1.82, 2.24) is 4.90 Å². The minimum Gasteiger partial charge on any atom is -0.368 e. The SMILES string of the molecule is CCC(C(N)=O)N1CC2CCC1C2. The normalized spacial score (nSPS) is 35.2. The van der Waals surface area contributed by atoms with Gasteiger partial charge in [-0.3, -0.25) is 9.69 Å². The average molecular weight is 182 g/mol. The van der Waals surface area contributed by atoms with E-state index in [0.717, 1.165) is 18.9 Å². The van der Waals surface area contributed by atoms with Crippen LogP contribution in [0.4, 0.5) is 0 Å². The van der Waals surface area contributed by atoms with Crippen LogP contribution in [-0.2, 0) is 4.79 Å². The lowest BCUT2D eigenvalue weighted by Crippen LogP contribution is -2.47. The number of nitrogens with two attached hydrogens (primary N) is 1. The Morgan fingerprint density at radius 2 is 2.38 bits per heavy atom. The standard InChI is InChI=1S/C10H18N2O/c1-2-9(10(11)13)12-6-7-3-4-8(12)5-7/h7-9H,2-6H2,1H3,(H2,11,13). The molecule has 2 bridgehead atoms. The highest BCUT2D eigenvalue weighted by Gasteiger charge is 2.41. The van der Waals surface area contributed by atoms with Crippen LogP contribution in [0.1, 0.15) is 32.6 Å². The maximum absolute atomic E-state index is 11.2. The maximum Gasteiger partial charge on any atom is 0.234 e. The first-order chi connectivity index (χ1) is 6.22. The molecule has 2 aliphatic rings. The van der Waals surface area contributed by atoms with Crippen molar-refractivity contribution in [1.29, 1.82) is 0 Å². The second-order valence-corrected chi connectivity index (χ2v) is 4.36. The molecule has 3 unspecified atom stereocenters. The summed E-state index contributed by atoms with van der Waals surface area (Å²) >= 11 is 0. The van der Waals surface area contributed by atoms with Crippen LogP contribution < -0.4 is 5.73 Å². The van der Waals surface area contributed by atoms with E-state index in [4.69, 9.17) is 5.73 Å². The van der Waals surface area contributed by atoms with Gasteiger partial charge in [-0.05, 0) is 31.6 Å². The van der Waals surface area contributed by atoms with E-state index in [-0.39, 0.29) is 11.9 Å². The predicted molar refractivity (Wildman–Crippen MR) is 51.1 cm³/mol. The molecule has 0 aromatic heterocycles. The van der Waals surface area contributed by atoms with Gasteiger partial charge in [0.2, 0.25) is 5.91 Å². The van der Waals surface area contributed by atoms with Crippen LogP contribution in [0.5, 0.6) is 0 Å². The molecular formula is C10H18N2O. The van der Waals surface area contributed by atoms with Crippen LogP contribution in [0.2, 0.25) is 0 Å². The summed E-state index contributed by atoms with van der Waals surface area (Å²) in [7, 11) is 0. The first kappa shape index (κ1) is 9.00. The molecule has 0 aromatic rings. The molecule has 2 N–H and O–H groups in total. The van der Waals surface area contributed by atoms with Crippen molar-refractivity contribution in [2.24, 2.45) is 11.7 Å². The van der Waals surface area contributed by atoms with E-state index in [2.05, 4.69) is 4.90 Å². The monoisotopic (exact) mass is 182 g/mol. The molecule has 2 rings (SSSR count). The Labute approximate surface area is 79.3 Å². The van der Waals surface area contributed by atoms with Crippen LogP contribution in [0.3, 0.4) is 0 Å². The molecule has 1 heterocycles. The van der Waals surface area contributed by atoms with E-state index >= 15 is 0 Å². The zero-order chi connectivity index (χ0) is 9.42. The van der Waals surface area contributed by atoms with Crippen molar-refractivity contribution in [3.8, 4) is 0 Å². The number of nitrogens with zero attached hydrogens (tertiary/aromatic N) is 1. The molecule has 1 aliphatic carbocycles. The zero-order valence-electron chi connectivity index (χ0n) is 8.20. The Hall–Kier alpha value is -0.570. The average Bonchev–Trinajstić information content (AvgIpc) is 2.65. The molecule has 1 saturated heterocycles. The van der Waals surface area contributed by atoms with Crippen molar-refractivity contribution in [3.05, 3.63) is 0 Å². The van der Waals surface area contributed by atoms with Gasteiger partial charge in [0.25, 0.3) is 0 Å². The number of likely N-dealkylation sites (tertiary alicyclic amines) is 1. The van der Waals surface area contributed by atoms with Crippen molar-refractivity contribution < 1.29 is 4.79 Å². The maximum atomic E-state index is 11.2. The van der Waals surface area contributed by atoms with Crippen LogP contribution in [-0.4, -0.2) is 29.4 Å². The van der Waals surface area contributed by atoms with Gasteiger partial charge >= 0.3 is 0 Å². The van der Waals surface area contributed by atoms with Crippen molar-refractivity contribution >= 4 is 5.91 Å². The van der Waals surface area contributed by atoms with Crippen molar-refractivity contribution in [3.63, 3.8) is 0 Å². The fourth-order valence-electron chi connectivity index (χ4n) is 2.94. The summed E-state index contributed by atoms with van der Waals surface area (Å²) in [5, 5.41) is 0. The fourth-order valence-corrected chi connectivity index (χ4v) is 2.94. The van der Waals surface area contributed by atoms with Crippen LogP contribution in [0, 0.1) is 5.92 Å². The van der Waals surface area contributed by atoms with E-state index < -0.39 is 0 Å². The molecule has 3 atom stereocenters. The summed E-state index contributed by atoms with van der Waals surface area (Å²) in [6, 6.07) is 0.651. The summed E-state index contributed by atoms with van der Waals surface area (Å²) in [6.07, 6.45) is 4.78. The van der Waals surface area contributed by atoms with Gasteiger partial charge in [0, 0.05) is 12.6 Å². The number of hydrogen-bond donors (Lipinski definition) is 1. The van der Waals surface area contributed by atoms with Crippen LogP contribution in [0.15, 0.2) is 0 Å². The number of carbonyl (C=O) groups is 1. The molecule has 1 saturated carbocycles. The van der Waals surface area contributed by atoms with E-state index in [1.807, 2.05) is 6.92 Å². The number of rotatable bonds is 3. The minimum atomic E-state index is -0.143. The molecule has 3 nitrogen and oxygen atoms in total. The highest BCUT2D eigenvalue weighted by atomic mass is 16.1. The van der Waals surface area contributed by atoms with E-state index in [9.17, 15) is 4.79 Å². The molecule has 3 heteroatoms. The lowest BCUT2D eigenvalue weighted by atomic mass is 10.1. The molecule has 13 heavy (non-hydrogen) atoms. The smallest absolute Gasteiger partial charge is 0.234 e. The second kappa shape index (κ2) is 3.29. The highest BCUT2D eigenvalue weighted by Crippen LogP contribution is 2.38. The van der Waals surface area contributed by atoms with E-state index in [1.165, 1.54) is 19.3 Å². The lowest BCUT2D eigenvalue weighted by molar-refractivity contribution is -0.124. The molecule has 1 aliphatic heterocycles. The number of fused-ring (bicyclic) bond motifs is 2. The van der Waals surface area contributed by atoms with Gasteiger partial charge in [-0.15, -0.1) is 0 Å². The molecule has 2 fully saturated rings. The Morgan fingerprint density at radius 3 is 2.77 bits per heavy atom. The molecular weight excluding hydrogens is 164 g/mol. The van der Waals surface area contributed by atoms with E-state index in [0.29, 0.717) is 6.04 Å². The Bertz CT molecular complexity index is 217. The molecule has 0 radical (unpaired) electrons. The van der Waals surface area contributed by atoms with Gasteiger partial charge in [0.15, 0.2) is 0 Å². The molecule has 1 amide bonds. The number of hydrogen-bond acceptors (Lipinski definition) is 2. The van der Waals surface area contributed by atoms with Crippen LogP contribution in [0.25, 0.3) is 0 Å². The van der Waals surface area contributed by atoms with E-state index in [1.54, 1.807) is 0 Å². The first-order valence-electron chi connectivity index (χ1n) is 5.27. The van der Waals surface area contributed by atoms with Gasteiger partial charge < -0.3 is 5.73 Å². The third kappa shape index (κ3) is 1.46. The molecule has 74 valence electrons. The van der Waals surface area contributed by atoms with Gasteiger partial charge in [-0.25, -0.2) is 0 Å². The number of piperidine rings is 1. The zero-order valence-corrected chi connectivity index (χ0v) is 8.20. The summed E-state index contributed by atoms with van der Waals surface area (Å²) < 4.78 is 0. The summed E-state index contributed by atoms with van der Waals surface area (Å²) in [4.78, 5) is 13.5. The summed E-state index contributed by atoms with van der Waals surface area (Å²) in [6.45, 7) is 3.15. The second-order valence-electron chi connectivity index (χ2n) is 4.36. The van der Waals surface area contributed by atoms with Gasteiger partial charge in [-0.1, -0.05) is 6.92 Å². The largest absolute Gasteiger partial charge is 0.368 e. The minimum absolute atomic E-state index is 0.00435. The highest BCUT2D eigenvalue weighted by molar-refractivity contribution is 5.79. The fraction of sp³-hybridized carbons (Fsp3) is 0.900. The topological polar surface area (TPSA) is 46.3 Å². The number of carbonyl (C=O) groups excluding carboxylic acids is 1. The molecule has 0 spiro atoms. The predicted octanol–water partition coefficient (Wildman–Crippen LogP) is 0.735. The summed E-state index contributed by atoms with van der Waals surface area (Å²) in [5.41, 5.74) is 5.38. The number of primary amides is 1. The van der Waals surface area contributed by atoms with Gasteiger partial charge in [-0.2, -0.15) is 0 Å². The third-order valence-corrected chi connectivity index (χ3v) is 3.57.